The first-order valence-corrected chi connectivity index (χ1v) is 8.34. The lowest BCUT2D eigenvalue weighted by Gasteiger charge is -2.06. The molecular formula is C19H14ClN5O. The molecule has 0 atom stereocenters. The van der Waals surface area contributed by atoms with Gasteiger partial charge < -0.3 is 0 Å². The second-order valence-electron chi connectivity index (χ2n) is 5.70. The monoisotopic (exact) mass is 363 g/mol. The fourth-order valence-electron chi connectivity index (χ4n) is 2.63. The van der Waals surface area contributed by atoms with Crippen LogP contribution in [0, 0.1) is 6.92 Å². The summed E-state index contributed by atoms with van der Waals surface area (Å²) < 4.78 is 2.90. The Kier molecular flexibility index (Phi) is 4.10. The number of benzene rings is 2. The molecule has 0 aliphatic carbocycles. The molecule has 128 valence electrons. The van der Waals surface area contributed by atoms with E-state index < -0.39 is 0 Å². The molecule has 0 aliphatic heterocycles. The van der Waals surface area contributed by atoms with Crippen LogP contribution in [-0.2, 0) is 0 Å². The summed E-state index contributed by atoms with van der Waals surface area (Å²) in [4.78, 5) is 17.3. The summed E-state index contributed by atoms with van der Waals surface area (Å²) in [5.74, 6) is 0.477. The largest absolute Gasteiger partial charge is 0.285 e. The lowest BCUT2D eigenvalue weighted by Crippen LogP contribution is -2.20. The van der Waals surface area contributed by atoms with E-state index in [9.17, 15) is 4.79 Å². The van der Waals surface area contributed by atoms with Crippen LogP contribution in [0.2, 0.25) is 5.02 Å². The summed E-state index contributed by atoms with van der Waals surface area (Å²) in [7, 11) is 0. The van der Waals surface area contributed by atoms with Crippen molar-refractivity contribution in [1.29, 1.82) is 0 Å². The highest BCUT2D eigenvalue weighted by molar-refractivity contribution is 6.30. The van der Waals surface area contributed by atoms with Crippen LogP contribution in [0.25, 0.3) is 16.7 Å². The van der Waals surface area contributed by atoms with Gasteiger partial charge in [-0.05, 0) is 36.8 Å². The Balaban J connectivity index is 1.82. The molecule has 0 saturated heterocycles. The molecule has 0 fully saturated rings. The second-order valence-corrected chi connectivity index (χ2v) is 6.14. The SMILES string of the molecule is Cc1nc2c(cnn2-c2ccc(Cl)cc2)c(=O)n1/N=C/c1ccccc1. The fraction of sp³-hybridized carbons (Fsp3) is 0.0526. The van der Waals surface area contributed by atoms with Crippen molar-refractivity contribution in [1.82, 2.24) is 19.4 Å². The van der Waals surface area contributed by atoms with Crippen LogP contribution in [0.5, 0.6) is 0 Å². The Labute approximate surface area is 154 Å². The number of aromatic nitrogens is 4. The molecule has 0 aliphatic rings. The Hall–Kier alpha value is -3.25. The lowest BCUT2D eigenvalue weighted by atomic mass is 10.2. The van der Waals surface area contributed by atoms with Crippen molar-refractivity contribution in [2.75, 3.05) is 0 Å². The van der Waals surface area contributed by atoms with Crippen LogP contribution in [0.4, 0.5) is 0 Å². The molecule has 4 rings (SSSR count). The molecule has 26 heavy (non-hydrogen) atoms. The van der Waals surface area contributed by atoms with Gasteiger partial charge in [0.25, 0.3) is 5.56 Å². The molecule has 0 amide bonds. The minimum absolute atomic E-state index is 0.264. The van der Waals surface area contributed by atoms with Crippen molar-refractivity contribution >= 4 is 28.8 Å². The molecule has 7 heteroatoms. The summed E-state index contributed by atoms with van der Waals surface area (Å²) in [6.07, 6.45) is 3.14. The fourth-order valence-corrected chi connectivity index (χ4v) is 2.76. The minimum Gasteiger partial charge on any atom is -0.266 e. The molecule has 0 radical (unpaired) electrons. The van der Waals surface area contributed by atoms with E-state index in [0.717, 1.165) is 11.3 Å². The van der Waals surface area contributed by atoms with E-state index in [0.29, 0.717) is 21.9 Å². The number of hydrogen-bond donors (Lipinski definition) is 0. The van der Waals surface area contributed by atoms with Gasteiger partial charge in [0.05, 0.1) is 18.1 Å². The first-order chi connectivity index (χ1) is 12.6. The van der Waals surface area contributed by atoms with Crippen molar-refractivity contribution in [3.8, 4) is 5.69 Å². The standard InChI is InChI=1S/C19H14ClN5O/c1-13-23-18-17(12-22-25(18)16-9-7-15(20)8-10-16)19(26)24(13)21-11-14-5-3-2-4-6-14/h2-12H,1H3/b21-11+. The van der Waals surface area contributed by atoms with Gasteiger partial charge in [-0.1, -0.05) is 41.9 Å². The van der Waals surface area contributed by atoms with Gasteiger partial charge in [-0.25, -0.2) is 9.67 Å². The molecule has 2 aromatic carbocycles. The van der Waals surface area contributed by atoms with Crippen molar-refractivity contribution in [3.63, 3.8) is 0 Å². The third kappa shape index (κ3) is 2.91. The maximum atomic E-state index is 12.8. The second kappa shape index (κ2) is 6.57. The van der Waals surface area contributed by atoms with Crippen LogP contribution in [0.1, 0.15) is 11.4 Å². The van der Waals surface area contributed by atoms with Gasteiger partial charge in [-0.3, -0.25) is 4.79 Å². The van der Waals surface area contributed by atoms with Gasteiger partial charge in [0.2, 0.25) is 0 Å². The summed E-state index contributed by atoms with van der Waals surface area (Å²) in [5, 5.41) is 9.61. The summed E-state index contributed by atoms with van der Waals surface area (Å²) in [5.41, 5.74) is 1.90. The average Bonchev–Trinajstić information content (AvgIpc) is 3.07. The molecule has 0 spiro atoms. The summed E-state index contributed by atoms with van der Waals surface area (Å²) in [6.45, 7) is 1.74. The smallest absolute Gasteiger partial charge is 0.266 e. The predicted molar refractivity (Wildman–Crippen MR) is 102 cm³/mol. The van der Waals surface area contributed by atoms with E-state index in [-0.39, 0.29) is 5.56 Å². The first-order valence-electron chi connectivity index (χ1n) is 7.96. The third-order valence-corrected chi connectivity index (χ3v) is 4.19. The van der Waals surface area contributed by atoms with Crippen molar-refractivity contribution in [2.45, 2.75) is 6.92 Å². The maximum absolute atomic E-state index is 12.8. The minimum atomic E-state index is -0.264. The van der Waals surface area contributed by atoms with Crippen LogP contribution in [0.15, 0.2) is 70.7 Å². The van der Waals surface area contributed by atoms with E-state index in [4.69, 9.17) is 11.6 Å². The van der Waals surface area contributed by atoms with E-state index in [1.54, 1.807) is 30.0 Å². The van der Waals surface area contributed by atoms with Gasteiger partial charge in [0, 0.05) is 5.02 Å². The number of halogens is 1. The normalized spacial score (nSPS) is 11.5. The molecule has 0 unspecified atom stereocenters. The highest BCUT2D eigenvalue weighted by Gasteiger charge is 2.13. The summed E-state index contributed by atoms with van der Waals surface area (Å²) in [6, 6.07) is 16.8. The zero-order valence-corrected chi connectivity index (χ0v) is 14.6. The van der Waals surface area contributed by atoms with E-state index in [2.05, 4.69) is 15.2 Å². The van der Waals surface area contributed by atoms with Crippen molar-refractivity contribution < 1.29 is 0 Å². The number of rotatable bonds is 3. The number of fused-ring (bicyclic) bond motifs is 1. The quantitative estimate of drug-likeness (QED) is 0.524. The van der Waals surface area contributed by atoms with Gasteiger partial charge in [0.15, 0.2) is 5.65 Å². The van der Waals surface area contributed by atoms with Crippen LogP contribution in [0.3, 0.4) is 0 Å². The zero-order chi connectivity index (χ0) is 18.1. The highest BCUT2D eigenvalue weighted by atomic mass is 35.5. The Morgan fingerprint density at radius 1 is 1.08 bits per heavy atom. The third-order valence-electron chi connectivity index (χ3n) is 3.93. The van der Waals surface area contributed by atoms with Gasteiger partial charge in [-0.2, -0.15) is 14.9 Å². The molecule has 0 N–H and O–H groups in total. The molecule has 0 saturated carbocycles. The number of nitrogens with zero attached hydrogens (tertiary/aromatic N) is 5. The molecule has 0 bridgehead atoms. The van der Waals surface area contributed by atoms with Gasteiger partial charge in [-0.15, -0.1) is 0 Å². The molecular weight excluding hydrogens is 350 g/mol. The van der Waals surface area contributed by atoms with Crippen molar-refractivity contribution in [3.05, 3.63) is 87.6 Å². The molecule has 4 aromatic rings. The zero-order valence-electron chi connectivity index (χ0n) is 13.9. The van der Waals surface area contributed by atoms with Crippen LogP contribution in [-0.4, -0.2) is 25.7 Å². The molecule has 2 aromatic heterocycles. The topological polar surface area (TPSA) is 65.1 Å². The summed E-state index contributed by atoms with van der Waals surface area (Å²) >= 11 is 5.93. The molecule has 6 nitrogen and oxygen atoms in total. The van der Waals surface area contributed by atoms with E-state index >= 15 is 0 Å². The molecule has 2 heterocycles. The first kappa shape index (κ1) is 16.2. The Bertz CT molecular complexity index is 1160. The Morgan fingerprint density at radius 2 is 1.81 bits per heavy atom. The van der Waals surface area contributed by atoms with E-state index in [1.165, 1.54) is 10.9 Å². The number of hydrogen-bond acceptors (Lipinski definition) is 4. The highest BCUT2D eigenvalue weighted by Crippen LogP contribution is 2.17. The van der Waals surface area contributed by atoms with E-state index in [1.807, 2.05) is 42.5 Å². The Morgan fingerprint density at radius 3 is 2.54 bits per heavy atom. The van der Waals surface area contributed by atoms with Crippen molar-refractivity contribution in [2.24, 2.45) is 5.10 Å². The average molecular weight is 364 g/mol. The van der Waals surface area contributed by atoms with Gasteiger partial charge >= 0.3 is 0 Å². The van der Waals surface area contributed by atoms with Crippen LogP contribution < -0.4 is 5.56 Å². The lowest BCUT2D eigenvalue weighted by molar-refractivity contribution is 0.765. The predicted octanol–water partition coefficient (Wildman–Crippen LogP) is 3.43. The number of aryl methyl sites for hydroxylation is 1. The van der Waals surface area contributed by atoms with Crippen LogP contribution >= 0.6 is 11.6 Å². The maximum Gasteiger partial charge on any atom is 0.285 e. The van der Waals surface area contributed by atoms with Gasteiger partial charge in [0.1, 0.15) is 11.2 Å².